The lowest BCUT2D eigenvalue weighted by atomic mass is 9.50. The van der Waals surface area contributed by atoms with E-state index in [1.807, 2.05) is 31.3 Å². The maximum absolute atomic E-state index is 14.5. The normalized spacial score (nSPS) is 45.9. The van der Waals surface area contributed by atoms with Crippen molar-refractivity contribution in [1.82, 2.24) is 10.3 Å². The number of carbonyl (C=O) groups excluding carboxylic acids is 3. The lowest BCUT2D eigenvalue weighted by molar-refractivity contribution is -0.312. The number of benzene rings is 1. The summed E-state index contributed by atoms with van der Waals surface area (Å²) in [6.07, 6.45) is 2.27. The molecule has 3 aliphatic carbocycles. The number of nitrogens with one attached hydrogen (secondary N) is 2. The number of ketones is 2. The highest BCUT2D eigenvalue weighted by Gasteiger charge is 2.82. The van der Waals surface area contributed by atoms with Crippen LogP contribution in [0.1, 0.15) is 46.1 Å². The third-order valence-corrected chi connectivity index (χ3v) is 11.5. The smallest absolute Gasteiger partial charge is 0.234 e. The molecule has 7 rings (SSSR count). The van der Waals surface area contributed by atoms with E-state index in [9.17, 15) is 19.6 Å². The second-order valence-corrected chi connectivity index (χ2v) is 12.9. The molecule has 5 aliphatic rings. The Morgan fingerprint density at radius 3 is 2.64 bits per heavy atom. The molecule has 5 fully saturated rings. The number of H-pyrrole nitrogens is 1. The van der Waals surface area contributed by atoms with Crippen molar-refractivity contribution in [2.24, 2.45) is 46.8 Å². The predicted octanol–water partition coefficient (Wildman–Crippen LogP) is 2.72. The fourth-order valence-electron chi connectivity index (χ4n) is 9.83. The van der Waals surface area contributed by atoms with E-state index in [0.29, 0.717) is 12.8 Å². The second kappa shape index (κ2) is 8.70. The summed E-state index contributed by atoms with van der Waals surface area (Å²) in [5, 5.41) is 14.8. The van der Waals surface area contributed by atoms with Crippen molar-refractivity contribution >= 4 is 28.4 Å². The number of rotatable bonds is 4. The summed E-state index contributed by atoms with van der Waals surface area (Å²) < 4.78 is 6.37. The molecule has 3 saturated carbocycles. The highest BCUT2D eigenvalue weighted by molar-refractivity contribution is 6.09. The fraction of sp³-hybridized carbons (Fsp3) is 0.633. The van der Waals surface area contributed by atoms with Gasteiger partial charge in [-0.2, -0.15) is 0 Å². The Balaban J connectivity index is 0.00000277. The number of epoxide rings is 1. The van der Waals surface area contributed by atoms with Crippen molar-refractivity contribution in [3.63, 3.8) is 0 Å². The lowest BCUT2D eigenvalue weighted by Gasteiger charge is -2.48. The van der Waals surface area contributed by atoms with Gasteiger partial charge in [0, 0.05) is 47.3 Å². The van der Waals surface area contributed by atoms with E-state index in [1.165, 1.54) is 0 Å². The van der Waals surface area contributed by atoms with Crippen LogP contribution in [0.25, 0.3) is 10.9 Å². The summed E-state index contributed by atoms with van der Waals surface area (Å²) in [7, 11) is 0. The molecule has 1 aromatic carbocycles. The van der Waals surface area contributed by atoms with Crippen LogP contribution in [0.4, 0.5) is 0 Å². The van der Waals surface area contributed by atoms with Crippen LogP contribution in [-0.4, -0.2) is 57.0 Å². The molecule has 12 atom stereocenters. The van der Waals surface area contributed by atoms with Crippen molar-refractivity contribution in [1.29, 1.82) is 0 Å². The highest BCUT2D eigenvalue weighted by Crippen LogP contribution is 2.69. The molecule has 9 nitrogen and oxygen atoms in total. The van der Waals surface area contributed by atoms with Gasteiger partial charge < -0.3 is 20.5 Å². The predicted molar refractivity (Wildman–Crippen MR) is 141 cm³/mol. The van der Waals surface area contributed by atoms with Crippen LogP contribution in [-0.2, 0) is 30.4 Å². The van der Waals surface area contributed by atoms with Gasteiger partial charge in [-0.25, -0.2) is 4.89 Å². The number of amides is 1. The second-order valence-electron chi connectivity index (χ2n) is 12.9. The van der Waals surface area contributed by atoms with Gasteiger partial charge in [0.25, 0.3) is 0 Å². The van der Waals surface area contributed by atoms with E-state index < -0.39 is 23.0 Å². The number of fused-ring (bicyclic) bond motifs is 4. The largest absolute Gasteiger partial charge is 0.412 e. The van der Waals surface area contributed by atoms with Crippen LogP contribution >= 0.6 is 0 Å². The number of hydrogen-bond donors (Lipinski definition) is 3. The number of carbonyl (C=O) groups is 3. The quantitative estimate of drug-likeness (QED) is 0.236. The lowest BCUT2D eigenvalue weighted by Crippen LogP contribution is -2.61. The minimum Gasteiger partial charge on any atom is -0.412 e. The number of Topliss-reactive ketones (excluding diaryl/α,β-unsaturated/α-hetero) is 2. The van der Waals surface area contributed by atoms with Crippen LogP contribution in [0.5, 0.6) is 0 Å². The average molecular weight is 539 g/mol. The number of aromatic nitrogens is 1. The molecule has 39 heavy (non-hydrogen) atoms. The standard InChI is InChI=1S/C30H36N2O6.H2O/c1-13-9-19-18(23(13)15(3)33)11-22(34)30-24(14(2)29(4)27(37-29)25(30)26(19)38-36)21(32-28(30)35)10-16-12-31-20-8-6-5-7-17(16)20;/h5-8,12-14,18-19,21,23-27,31,36H,9-11H2,1-4H3,(H,32,35);1H2/t13-,14-,18+,19+,21-,23-,24-,25-,26-,27-,29+,30+;/m0./s1. The summed E-state index contributed by atoms with van der Waals surface area (Å²) in [6.45, 7) is 7.79. The van der Waals surface area contributed by atoms with Gasteiger partial charge in [0.05, 0.1) is 11.7 Å². The maximum atomic E-state index is 14.5. The Labute approximate surface area is 227 Å². The first-order chi connectivity index (χ1) is 18.1. The molecule has 0 bridgehead atoms. The highest BCUT2D eigenvalue weighted by atomic mass is 17.1. The molecular formula is C30H38N2O7. The summed E-state index contributed by atoms with van der Waals surface area (Å²) >= 11 is 0. The van der Waals surface area contributed by atoms with Crippen LogP contribution < -0.4 is 5.32 Å². The summed E-state index contributed by atoms with van der Waals surface area (Å²) in [5.41, 5.74) is 0.253. The van der Waals surface area contributed by atoms with Crippen LogP contribution in [0.15, 0.2) is 30.5 Å². The van der Waals surface area contributed by atoms with E-state index in [-0.39, 0.29) is 77.0 Å². The summed E-state index contributed by atoms with van der Waals surface area (Å²) in [5.74, 6) is -1.99. The zero-order valence-corrected chi connectivity index (χ0v) is 22.8. The molecule has 2 saturated heterocycles. The summed E-state index contributed by atoms with van der Waals surface area (Å²) in [6, 6.07) is 7.81. The molecule has 0 unspecified atom stereocenters. The zero-order valence-electron chi connectivity index (χ0n) is 22.8. The molecule has 2 aliphatic heterocycles. The molecule has 3 heterocycles. The number of aromatic amines is 1. The van der Waals surface area contributed by atoms with Crippen LogP contribution in [0, 0.1) is 46.8 Å². The van der Waals surface area contributed by atoms with Gasteiger partial charge in [-0.15, -0.1) is 0 Å². The Morgan fingerprint density at radius 1 is 1.18 bits per heavy atom. The molecule has 2 aromatic rings. The van der Waals surface area contributed by atoms with Crippen LogP contribution in [0.3, 0.4) is 0 Å². The molecule has 1 spiro atoms. The molecule has 1 amide bonds. The van der Waals surface area contributed by atoms with E-state index in [0.717, 1.165) is 16.5 Å². The van der Waals surface area contributed by atoms with Gasteiger partial charge in [0.15, 0.2) is 0 Å². The first-order valence-electron chi connectivity index (χ1n) is 14.0. The van der Waals surface area contributed by atoms with Crippen LogP contribution in [0.2, 0.25) is 0 Å². The minimum atomic E-state index is -1.36. The minimum absolute atomic E-state index is 0. The van der Waals surface area contributed by atoms with E-state index >= 15 is 0 Å². The Morgan fingerprint density at radius 2 is 1.92 bits per heavy atom. The first-order valence-corrected chi connectivity index (χ1v) is 14.0. The topological polar surface area (TPSA) is 153 Å². The Hall–Kier alpha value is -2.59. The van der Waals surface area contributed by atoms with E-state index in [4.69, 9.17) is 9.62 Å². The molecule has 5 N–H and O–H groups in total. The van der Waals surface area contributed by atoms with Gasteiger partial charge >= 0.3 is 0 Å². The van der Waals surface area contributed by atoms with Gasteiger partial charge in [-0.05, 0) is 62.0 Å². The van der Waals surface area contributed by atoms with E-state index in [2.05, 4.69) is 30.2 Å². The SMILES string of the molecule is CC(=O)[C@H]1[C@@H]2CC(=O)[C@@]34C(=O)N[C@@H](Cc5c[nH]c6ccccc56)[C@@H]3[C@H](C)[C@@]3(C)O[C@H]3[C@@H]4[C@@H](OO)[C@@H]2C[C@@H]1C.O. The van der Waals surface area contributed by atoms with Gasteiger partial charge in [0.1, 0.15) is 23.1 Å². The molecule has 210 valence electrons. The van der Waals surface area contributed by atoms with E-state index in [1.54, 1.807) is 6.92 Å². The molecule has 9 heteroatoms. The molecule has 1 aromatic heterocycles. The van der Waals surface area contributed by atoms with Crippen molar-refractivity contribution < 1.29 is 34.7 Å². The van der Waals surface area contributed by atoms with Crippen molar-refractivity contribution in [2.45, 2.75) is 70.8 Å². The molecular weight excluding hydrogens is 500 g/mol. The third kappa shape index (κ3) is 3.24. The Bertz CT molecular complexity index is 1360. The average Bonchev–Trinajstić information content (AvgIpc) is 3.14. The summed E-state index contributed by atoms with van der Waals surface area (Å²) in [4.78, 5) is 50.1. The maximum Gasteiger partial charge on any atom is 0.234 e. The van der Waals surface area contributed by atoms with Gasteiger partial charge in [-0.1, -0.05) is 32.0 Å². The van der Waals surface area contributed by atoms with Gasteiger partial charge in [0.2, 0.25) is 5.91 Å². The number of ether oxygens (including phenoxy) is 1. The van der Waals surface area contributed by atoms with Crippen molar-refractivity contribution in [3.05, 3.63) is 36.0 Å². The number of para-hydroxylation sites is 1. The number of hydrogen-bond acceptors (Lipinski definition) is 6. The zero-order chi connectivity index (χ0) is 26.7. The fourth-order valence-corrected chi connectivity index (χ4v) is 9.83. The first kappa shape index (κ1) is 26.6. The van der Waals surface area contributed by atoms with Crippen molar-refractivity contribution in [2.75, 3.05) is 0 Å². The molecule has 0 radical (unpaired) electrons. The Kier molecular flexibility index (Phi) is 5.94. The van der Waals surface area contributed by atoms with Crippen molar-refractivity contribution in [3.8, 4) is 0 Å². The third-order valence-electron chi connectivity index (χ3n) is 11.5. The van der Waals surface area contributed by atoms with Gasteiger partial charge in [-0.3, -0.25) is 19.6 Å². The monoisotopic (exact) mass is 538 g/mol.